The van der Waals surface area contributed by atoms with Crippen LogP contribution in [-0.4, -0.2) is 92.6 Å². The van der Waals surface area contributed by atoms with Crippen LogP contribution in [0.25, 0.3) is 0 Å². The Bertz CT molecular complexity index is 2690. The highest BCUT2D eigenvalue weighted by molar-refractivity contribution is 5.86. The summed E-state index contributed by atoms with van der Waals surface area (Å²) in [4.78, 5) is 29.4. The maximum atomic E-state index is 15.5. The molecular weight excluding hydrogens is 939 g/mol. The van der Waals surface area contributed by atoms with E-state index in [0.29, 0.717) is 99.9 Å². The normalized spacial score (nSPS) is 49.6. The van der Waals surface area contributed by atoms with Crippen LogP contribution in [0.1, 0.15) is 157 Å². The van der Waals surface area contributed by atoms with Crippen molar-refractivity contribution in [3.8, 4) is 11.8 Å². The summed E-state index contributed by atoms with van der Waals surface area (Å²) in [6, 6.07) is 16.7. The number of carbonyl (C=O) groups excluding carboxylic acids is 2. The molecule has 10 nitrogen and oxygen atoms in total. The minimum absolute atomic E-state index is 0.122. The van der Waals surface area contributed by atoms with Crippen LogP contribution < -0.4 is 5.32 Å². The lowest BCUT2D eigenvalue weighted by Crippen LogP contribution is -2.87. The molecule has 11 aliphatic carbocycles. The number of carbonyl (C=O) groups is 2. The van der Waals surface area contributed by atoms with Crippen LogP contribution in [0.15, 0.2) is 60.2 Å². The zero-order valence-electron chi connectivity index (χ0n) is 44.5. The zero-order valence-corrected chi connectivity index (χ0v) is 44.5. The summed E-state index contributed by atoms with van der Waals surface area (Å²) in [6.45, 7) is 2.90. The molecule has 22 unspecified atom stereocenters. The number of nitrogens with one attached hydrogen (secondary N) is 1. The topological polar surface area (TPSA) is 166 Å². The van der Waals surface area contributed by atoms with Crippen molar-refractivity contribution in [3.05, 3.63) is 82.4 Å². The van der Waals surface area contributed by atoms with Gasteiger partial charge in [-0.1, -0.05) is 86.9 Å². The van der Waals surface area contributed by atoms with E-state index in [9.17, 15) is 30.3 Å². The van der Waals surface area contributed by atoms with Gasteiger partial charge in [-0.3, -0.25) is 0 Å². The number of ether oxygens (including phenoxy) is 2. The van der Waals surface area contributed by atoms with Gasteiger partial charge in [0.15, 0.2) is 0 Å². The quantitative estimate of drug-likeness (QED) is 0.0941. The number of hydrogen-bond donors (Lipinski definition) is 6. The van der Waals surface area contributed by atoms with E-state index in [-0.39, 0.29) is 54.8 Å². The molecule has 13 aliphatic rings. The van der Waals surface area contributed by atoms with Crippen molar-refractivity contribution in [2.45, 2.75) is 189 Å². The molecule has 22 atom stereocenters. The van der Waals surface area contributed by atoms with Gasteiger partial charge < -0.3 is 45.1 Å². The number of benzene rings is 2. The highest BCUT2D eigenvalue weighted by Crippen LogP contribution is 2.81. The minimum Gasteiger partial charge on any atom is -0.454 e. The summed E-state index contributed by atoms with van der Waals surface area (Å²) in [5, 5.41) is 72.8. The fraction of sp³-hybridized carbons (Fsp3) is 0.723. The van der Waals surface area contributed by atoms with Crippen molar-refractivity contribution in [1.82, 2.24) is 5.32 Å². The third-order valence-corrected chi connectivity index (χ3v) is 25.8. The van der Waals surface area contributed by atoms with Crippen LogP contribution in [-0.2, 0) is 32.1 Å². The standard InChI is InChI=1S/C65H83NO9/c1-37(38-11-6-7-12-38)41-18-21-51-59-62(46(23-26-74-59)28-44-27-42(19-20-50(44)62)39-13-4-3-5-14-39)35-61(36-68)54-22-25-60-24-9-8-15-40-16-10-17-43(34-67)47(40)31-53(66-2)48-29-45(56(60)49-32-55(69)75-57(48)49)33-63(60,71)65(54,73)58(70)52(30-41)64(51,61)72/h3-5,10,13-14,16-17,32,36-38,41-42,44-46,48,50-54,56-59,66-67,70-73H,6-7,9,11-12,18-31,33-35H2,1-2H3. The van der Waals surface area contributed by atoms with Gasteiger partial charge in [-0.2, -0.15) is 0 Å². The molecule has 0 radical (unpaired) electrons. The Balaban J connectivity index is 0.941. The van der Waals surface area contributed by atoms with Gasteiger partial charge in [-0.05, 0) is 185 Å². The zero-order chi connectivity index (χ0) is 51.4. The lowest BCUT2D eigenvalue weighted by molar-refractivity contribution is -0.392. The van der Waals surface area contributed by atoms with Crippen molar-refractivity contribution < 1.29 is 44.6 Å². The van der Waals surface area contributed by atoms with Gasteiger partial charge in [0.1, 0.15) is 23.6 Å². The Labute approximate surface area is 444 Å². The van der Waals surface area contributed by atoms with Gasteiger partial charge in [0.05, 0.1) is 29.8 Å². The molecule has 10 heteroatoms. The van der Waals surface area contributed by atoms with Gasteiger partial charge >= 0.3 is 5.97 Å². The molecule has 10 fully saturated rings. The SMILES string of the molecule is CNC1Cc2c(cccc2CO)C#CCCC23CCC4C5(C=O)CC67C(CCOC6C6CCC(C(C)C8CCCC8)CC(C(O)C4(O)C2(O)CC2CC1C1OC(=O)C=C1C23)C65O)CC1CC(c2ccccc2)CCC17. The highest BCUT2D eigenvalue weighted by Gasteiger charge is 2.88. The maximum absolute atomic E-state index is 15.5. The first-order valence-electron chi connectivity index (χ1n) is 30.1. The van der Waals surface area contributed by atoms with Crippen molar-refractivity contribution in [2.75, 3.05) is 13.7 Å². The number of fused-ring (bicyclic) bond motifs is 8. The molecule has 4 bridgehead atoms. The Morgan fingerprint density at radius 1 is 0.853 bits per heavy atom. The number of aldehydes is 1. The molecule has 402 valence electrons. The predicted molar refractivity (Wildman–Crippen MR) is 282 cm³/mol. The third kappa shape index (κ3) is 6.47. The predicted octanol–water partition coefficient (Wildman–Crippen LogP) is 8.37. The van der Waals surface area contributed by atoms with E-state index in [4.69, 9.17) is 9.47 Å². The Hall–Kier alpha value is -3.40. The average molecular weight is 1020 g/mol. The molecule has 2 spiro atoms. The number of likely N-dealkylation sites (N-methyl/N-ethyl adjacent to an activating group) is 1. The molecule has 2 aromatic carbocycles. The molecule has 75 heavy (non-hydrogen) atoms. The van der Waals surface area contributed by atoms with E-state index in [1.807, 2.05) is 25.2 Å². The number of hydrogen-bond acceptors (Lipinski definition) is 10. The summed E-state index contributed by atoms with van der Waals surface area (Å²) in [6.07, 6.45) is 15.8. The average Bonchev–Trinajstić information content (AvgIpc) is 4.03. The molecular formula is C65H83NO9. The molecule has 2 heterocycles. The maximum Gasteiger partial charge on any atom is 0.331 e. The van der Waals surface area contributed by atoms with Crippen LogP contribution in [0.5, 0.6) is 0 Å². The minimum atomic E-state index is -2.18. The summed E-state index contributed by atoms with van der Waals surface area (Å²) >= 11 is 0. The van der Waals surface area contributed by atoms with Crippen molar-refractivity contribution in [3.63, 3.8) is 0 Å². The van der Waals surface area contributed by atoms with E-state index >= 15 is 4.79 Å². The first-order valence-corrected chi connectivity index (χ1v) is 30.1. The summed E-state index contributed by atoms with van der Waals surface area (Å²) in [5.74, 6) is 6.24. The molecule has 1 saturated heterocycles. The largest absolute Gasteiger partial charge is 0.454 e. The van der Waals surface area contributed by atoms with Crippen LogP contribution in [0, 0.1) is 99.1 Å². The first-order chi connectivity index (χ1) is 36.3. The van der Waals surface area contributed by atoms with E-state index in [2.05, 4.69) is 54.4 Å². The molecule has 6 N–H and O–H groups in total. The van der Waals surface area contributed by atoms with Crippen molar-refractivity contribution >= 4 is 12.3 Å². The highest BCUT2D eigenvalue weighted by atomic mass is 16.5. The molecule has 9 saturated carbocycles. The number of aliphatic hydroxyl groups excluding tert-OH is 2. The fourth-order valence-corrected chi connectivity index (χ4v) is 23.0. The van der Waals surface area contributed by atoms with E-state index in [0.717, 1.165) is 67.1 Å². The second-order valence-corrected chi connectivity index (χ2v) is 27.5. The van der Waals surface area contributed by atoms with Gasteiger partial charge in [-0.25, -0.2) is 4.79 Å². The van der Waals surface area contributed by atoms with Gasteiger partial charge in [0, 0.05) is 65.2 Å². The number of aliphatic hydroxyl groups is 5. The van der Waals surface area contributed by atoms with E-state index in [1.54, 1.807) is 6.08 Å². The first kappa shape index (κ1) is 49.9. The Morgan fingerprint density at radius 3 is 2.45 bits per heavy atom. The monoisotopic (exact) mass is 1020 g/mol. The summed E-state index contributed by atoms with van der Waals surface area (Å²) in [7, 11) is 1.94. The van der Waals surface area contributed by atoms with Crippen LogP contribution in [0.3, 0.4) is 0 Å². The van der Waals surface area contributed by atoms with E-state index in [1.165, 1.54) is 31.2 Å². The molecule has 0 aromatic heterocycles. The smallest absolute Gasteiger partial charge is 0.331 e. The Kier molecular flexibility index (Phi) is 11.8. The van der Waals surface area contributed by atoms with Gasteiger partial charge in [0.25, 0.3) is 0 Å². The molecule has 0 amide bonds. The molecule has 15 rings (SSSR count). The number of rotatable bonds is 6. The molecule has 2 aliphatic heterocycles. The second kappa shape index (κ2) is 17.8. The van der Waals surface area contributed by atoms with Crippen molar-refractivity contribution in [2.24, 2.45) is 87.3 Å². The van der Waals surface area contributed by atoms with E-state index < -0.39 is 63.0 Å². The lowest BCUT2D eigenvalue weighted by atomic mass is 9.31. The summed E-state index contributed by atoms with van der Waals surface area (Å²) < 4.78 is 13.7. The van der Waals surface area contributed by atoms with Crippen LogP contribution in [0.4, 0.5) is 0 Å². The van der Waals surface area contributed by atoms with Crippen molar-refractivity contribution in [1.29, 1.82) is 0 Å². The molecule has 2 aromatic rings. The van der Waals surface area contributed by atoms with Gasteiger partial charge in [-0.15, -0.1) is 0 Å². The second-order valence-electron chi connectivity index (χ2n) is 27.5. The lowest BCUT2D eigenvalue weighted by Gasteiger charge is -2.76. The number of esters is 1. The van der Waals surface area contributed by atoms with Crippen LogP contribution in [0.2, 0.25) is 0 Å². The summed E-state index contributed by atoms with van der Waals surface area (Å²) in [5.41, 5.74) is -3.77. The Morgan fingerprint density at radius 2 is 1.67 bits per heavy atom. The van der Waals surface area contributed by atoms with Gasteiger partial charge in [0.2, 0.25) is 0 Å². The fourth-order valence-electron chi connectivity index (χ4n) is 23.0. The van der Waals surface area contributed by atoms with Crippen LogP contribution >= 0.6 is 0 Å². The third-order valence-electron chi connectivity index (χ3n) is 25.8.